The third-order valence-electron chi connectivity index (χ3n) is 4.82. The van der Waals surface area contributed by atoms with Crippen LogP contribution in [0, 0.1) is 13.8 Å². The lowest BCUT2D eigenvalue weighted by Crippen LogP contribution is -2.38. The normalized spacial score (nSPS) is 10.9. The zero-order valence-corrected chi connectivity index (χ0v) is 18.6. The van der Waals surface area contributed by atoms with Crippen LogP contribution in [0.15, 0.2) is 59.0 Å². The summed E-state index contributed by atoms with van der Waals surface area (Å²) in [6.07, 6.45) is 0. The molecule has 7 heteroatoms. The van der Waals surface area contributed by atoms with Crippen LogP contribution < -0.4 is 10.6 Å². The van der Waals surface area contributed by atoms with E-state index in [0.29, 0.717) is 16.5 Å². The van der Waals surface area contributed by atoms with Gasteiger partial charge in [-0.2, -0.15) is 0 Å². The quantitative estimate of drug-likeness (QED) is 0.545. The summed E-state index contributed by atoms with van der Waals surface area (Å²) in [5.41, 5.74) is 3.74. The molecule has 0 saturated heterocycles. The Bertz CT molecular complexity index is 1040. The Hall–Kier alpha value is -3.09. The predicted octanol–water partition coefficient (Wildman–Crippen LogP) is 4.40. The number of nitrogens with zero attached hydrogens (tertiary/aromatic N) is 1. The molecule has 2 N–H and O–H groups in total. The second kappa shape index (κ2) is 10.3. The first kappa shape index (κ1) is 22.6. The van der Waals surface area contributed by atoms with Gasteiger partial charge in [0.25, 0.3) is 0 Å². The summed E-state index contributed by atoms with van der Waals surface area (Å²) < 4.78 is 5.78. The molecule has 0 spiro atoms. The molecule has 6 nitrogen and oxygen atoms in total. The SMILES string of the molecule is Cc1cccc(C)c1NC(=O)CN(C)CC(=O)NCc1ccc(-c2ccc(Cl)cc2)o1. The Labute approximate surface area is 187 Å². The zero-order chi connectivity index (χ0) is 22.4. The Balaban J connectivity index is 1.45. The van der Waals surface area contributed by atoms with Crippen LogP contribution in [0.3, 0.4) is 0 Å². The van der Waals surface area contributed by atoms with Gasteiger partial charge in [0.15, 0.2) is 0 Å². The number of halogens is 1. The number of benzene rings is 2. The second-order valence-corrected chi connectivity index (χ2v) is 7.97. The number of carbonyl (C=O) groups is 2. The van der Waals surface area contributed by atoms with Gasteiger partial charge in [0, 0.05) is 16.3 Å². The van der Waals surface area contributed by atoms with Crippen molar-refractivity contribution in [3.05, 3.63) is 76.5 Å². The molecule has 0 fully saturated rings. The highest BCUT2D eigenvalue weighted by Gasteiger charge is 2.13. The highest BCUT2D eigenvalue weighted by molar-refractivity contribution is 6.30. The van der Waals surface area contributed by atoms with Crippen LogP contribution >= 0.6 is 11.6 Å². The minimum Gasteiger partial charge on any atom is -0.459 e. The van der Waals surface area contributed by atoms with Gasteiger partial charge in [-0.3, -0.25) is 14.5 Å². The smallest absolute Gasteiger partial charge is 0.238 e. The highest BCUT2D eigenvalue weighted by atomic mass is 35.5. The lowest BCUT2D eigenvalue weighted by Gasteiger charge is -2.17. The summed E-state index contributed by atoms with van der Waals surface area (Å²) in [5, 5.41) is 6.41. The van der Waals surface area contributed by atoms with Crippen molar-refractivity contribution in [1.82, 2.24) is 10.2 Å². The van der Waals surface area contributed by atoms with Crippen LogP contribution in [0.2, 0.25) is 5.02 Å². The number of carbonyl (C=O) groups excluding carboxylic acids is 2. The number of para-hydroxylation sites is 1. The standard InChI is InChI=1S/C24H26ClN3O3/c1-16-5-4-6-17(2)24(16)27-23(30)15-28(3)14-22(29)26-13-20-11-12-21(31-20)18-7-9-19(25)10-8-18/h4-12H,13-15H2,1-3H3,(H,26,29)(H,27,30). The van der Waals surface area contributed by atoms with Crippen molar-refractivity contribution in [3.8, 4) is 11.3 Å². The highest BCUT2D eigenvalue weighted by Crippen LogP contribution is 2.23. The first-order valence-electron chi connectivity index (χ1n) is 9.98. The van der Waals surface area contributed by atoms with E-state index in [1.54, 1.807) is 24.1 Å². The van der Waals surface area contributed by atoms with Crippen molar-refractivity contribution in [2.24, 2.45) is 0 Å². The molecule has 1 heterocycles. The van der Waals surface area contributed by atoms with Crippen LogP contribution in [0.25, 0.3) is 11.3 Å². The number of hydrogen-bond acceptors (Lipinski definition) is 4. The Morgan fingerprint density at radius 1 is 0.935 bits per heavy atom. The van der Waals surface area contributed by atoms with Crippen molar-refractivity contribution in [2.75, 3.05) is 25.5 Å². The van der Waals surface area contributed by atoms with Gasteiger partial charge < -0.3 is 15.1 Å². The van der Waals surface area contributed by atoms with Gasteiger partial charge in [-0.05, 0) is 68.4 Å². The molecule has 0 atom stereocenters. The summed E-state index contributed by atoms with van der Waals surface area (Å²) in [6.45, 7) is 4.39. The lowest BCUT2D eigenvalue weighted by molar-refractivity contribution is -0.123. The third kappa shape index (κ3) is 6.44. The van der Waals surface area contributed by atoms with Gasteiger partial charge in [0.2, 0.25) is 11.8 Å². The van der Waals surface area contributed by atoms with Gasteiger partial charge in [-0.1, -0.05) is 29.8 Å². The average Bonchev–Trinajstić information content (AvgIpc) is 3.19. The second-order valence-electron chi connectivity index (χ2n) is 7.54. The summed E-state index contributed by atoms with van der Waals surface area (Å²) in [6, 6.07) is 16.9. The summed E-state index contributed by atoms with van der Waals surface area (Å²) in [5.74, 6) is 1.01. The number of furan rings is 1. The van der Waals surface area contributed by atoms with Crippen molar-refractivity contribution < 1.29 is 14.0 Å². The van der Waals surface area contributed by atoms with Crippen LogP contribution in [-0.2, 0) is 16.1 Å². The molecule has 0 saturated carbocycles. The van der Waals surface area contributed by atoms with Crippen LogP contribution in [-0.4, -0.2) is 36.9 Å². The topological polar surface area (TPSA) is 74.6 Å². The van der Waals surface area contributed by atoms with E-state index in [1.807, 2.05) is 56.3 Å². The molecule has 2 amide bonds. The first-order chi connectivity index (χ1) is 14.8. The van der Waals surface area contributed by atoms with Crippen LogP contribution in [0.5, 0.6) is 0 Å². The molecular weight excluding hydrogens is 414 g/mol. The van der Waals surface area contributed by atoms with E-state index in [-0.39, 0.29) is 31.4 Å². The molecule has 162 valence electrons. The fraction of sp³-hybridized carbons (Fsp3) is 0.250. The Morgan fingerprint density at radius 3 is 2.26 bits per heavy atom. The Morgan fingerprint density at radius 2 is 1.58 bits per heavy atom. The van der Waals surface area contributed by atoms with Gasteiger partial charge in [0.05, 0.1) is 19.6 Å². The van der Waals surface area contributed by atoms with E-state index in [2.05, 4.69) is 10.6 Å². The lowest BCUT2D eigenvalue weighted by atomic mass is 10.1. The third-order valence-corrected chi connectivity index (χ3v) is 5.07. The number of hydrogen-bond donors (Lipinski definition) is 2. The minimum absolute atomic E-state index is 0.102. The fourth-order valence-electron chi connectivity index (χ4n) is 3.22. The molecule has 31 heavy (non-hydrogen) atoms. The van der Waals surface area contributed by atoms with Gasteiger partial charge in [-0.25, -0.2) is 0 Å². The van der Waals surface area contributed by atoms with E-state index in [4.69, 9.17) is 16.0 Å². The average molecular weight is 440 g/mol. The van der Waals surface area contributed by atoms with E-state index in [1.165, 1.54) is 0 Å². The van der Waals surface area contributed by atoms with Crippen molar-refractivity contribution in [1.29, 1.82) is 0 Å². The van der Waals surface area contributed by atoms with Gasteiger partial charge >= 0.3 is 0 Å². The number of nitrogens with one attached hydrogen (secondary N) is 2. The van der Waals surface area contributed by atoms with E-state index in [0.717, 1.165) is 22.4 Å². The molecule has 3 aromatic rings. The Kier molecular flexibility index (Phi) is 7.50. The molecular formula is C24H26ClN3O3. The predicted molar refractivity (Wildman–Crippen MR) is 123 cm³/mol. The van der Waals surface area contributed by atoms with Crippen molar-refractivity contribution in [2.45, 2.75) is 20.4 Å². The van der Waals surface area contributed by atoms with Crippen molar-refractivity contribution in [3.63, 3.8) is 0 Å². The molecule has 0 aliphatic heterocycles. The van der Waals surface area contributed by atoms with Crippen molar-refractivity contribution >= 4 is 29.1 Å². The first-order valence-corrected chi connectivity index (χ1v) is 10.4. The molecule has 2 aromatic carbocycles. The zero-order valence-electron chi connectivity index (χ0n) is 17.9. The summed E-state index contributed by atoms with van der Waals surface area (Å²) >= 11 is 5.91. The molecule has 1 aromatic heterocycles. The molecule has 0 aliphatic carbocycles. The number of rotatable bonds is 8. The minimum atomic E-state index is -0.188. The maximum absolute atomic E-state index is 12.3. The summed E-state index contributed by atoms with van der Waals surface area (Å²) in [7, 11) is 1.73. The monoisotopic (exact) mass is 439 g/mol. The van der Waals surface area contributed by atoms with Crippen LogP contribution in [0.1, 0.15) is 16.9 Å². The van der Waals surface area contributed by atoms with E-state index in [9.17, 15) is 9.59 Å². The van der Waals surface area contributed by atoms with Gasteiger partial charge in [-0.15, -0.1) is 0 Å². The van der Waals surface area contributed by atoms with Gasteiger partial charge in [0.1, 0.15) is 11.5 Å². The molecule has 0 radical (unpaired) electrons. The molecule has 3 rings (SSSR count). The molecule has 0 aliphatic rings. The summed E-state index contributed by atoms with van der Waals surface area (Å²) in [4.78, 5) is 26.3. The number of amides is 2. The number of anilines is 1. The number of likely N-dealkylation sites (N-methyl/N-ethyl adjacent to an activating group) is 1. The largest absolute Gasteiger partial charge is 0.459 e. The van der Waals surface area contributed by atoms with E-state index >= 15 is 0 Å². The maximum Gasteiger partial charge on any atom is 0.238 e. The fourth-order valence-corrected chi connectivity index (χ4v) is 3.35. The van der Waals surface area contributed by atoms with E-state index < -0.39 is 0 Å². The maximum atomic E-state index is 12.3. The molecule has 0 unspecified atom stereocenters. The molecule has 0 bridgehead atoms. The van der Waals surface area contributed by atoms with Crippen LogP contribution in [0.4, 0.5) is 5.69 Å². The number of aryl methyl sites for hydroxylation is 2.